The predicted molar refractivity (Wildman–Crippen MR) is 78.4 cm³/mol. The van der Waals surface area contributed by atoms with Gasteiger partial charge < -0.3 is 5.32 Å². The molecule has 0 aromatic heterocycles. The van der Waals surface area contributed by atoms with Gasteiger partial charge in [-0.1, -0.05) is 17.7 Å². The molecule has 0 aliphatic rings. The Morgan fingerprint density at radius 3 is 2.25 bits per heavy atom. The van der Waals surface area contributed by atoms with E-state index >= 15 is 0 Å². The fourth-order valence-electron chi connectivity index (χ4n) is 1.54. The van der Waals surface area contributed by atoms with Crippen molar-refractivity contribution in [1.82, 2.24) is 0 Å². The molecule has 0 bridgehead atoms. The van der Waals surface area contributed by atoms with Crippen LogP contribution in [0.1, 0.15) is 10.4 Å². The van der Waals surface area contributed by atoms with Crippen molar-refractivity contribution in [2.75, 3.05) is 5.32 Å². The van der Waals surface area contributed by atoms with Crippen molar-refractivity contribution in [2.24, 2.45) is 0 Å². The van der Waals surface area contributed by atoms with E-state index in [4.69, 9.17) is 11.6 Å². The van der Waals surface area contributed by atoms with Crippen molar-refractivity contribution >= 4 is 45.8 Å². The zero-order valence-electron chi connectivity index (χ0n) is 9.68. The van der Waals surface area contributed by atoms with Crippen molar-refractivity contribution in [1.29, 1.82) is 0 Å². The molecule has 1 amide bonds. The lowest BCUT2D eigenvalue weighted by Crippen LogP contribution is -2.15. The van der Waals surface area contributed by atoms with Crippen LogP contribution in [0, 0.1) is 21.0 Å². The number of carbonyl (C=O) groups excluding carboxylic acids is 1. The number of benzene rings is 2. The second kappa shape index (κ2) is 6.01. The Balaban J connectivity index is 2.33. The number of anilines is 1. The summed E-state index contributed by atoms with van der Waals surface area (Å²) in [6, 6.07) is 5.64. The molecule has 104 valence electrons. The maximum atomic E-state index is 13.5. The van der Waals surface area contributed by atoms with Crippen LogP contribution in [0.25, 0.3) is 0 Å². The highest BCUT2D eigenvalue weighted by atomic mass is 127. The number of nitrogens with one attached hydrogen (secondary N) is 1. The smallest absolute Gasteiger partial charge is 0.260 e. The molecule has 0 unspecified atom stereocenters. The Morgan fingerprint density at radius 1 is 1.10 bits per heavy atom. The van der Waals surface area contributed by atoms with E-state index in [1.807, 2.05) is 0 Å². The van der Waals surface area contributed by atoms with E-state index in [2.05, 4.69) is 5.32 Å². The maximum Gasteiger partial charge on any atom is 0.260 e. The van der Waals surface area contributed by atoms with Gasteiger partial charge in [-0.25, -0.2) is 13.2 Å². The van der Waals surface area contributed by atoms with Crippen LogP contribution in [-0.4, -0.2) is 5.91 Å². The molecule has 0 heterocycles. The van der Waals surface area contributed by atoms with Crippen molar-refractivity contribution < 1.29 is 18.0 Å². The van der Waals surface area contributed by atoms with Gasteiger partial charge in [-0.05, 0) is 46.9 Å². The second-order valence-electron chi connectivity index (χ2n) is 3.80. The first-order valence-electron chi connectivity index (χ1n) is 5.30. The van der Waals surface area contributed by atoms with Crippen LogP contribution in [-0.2, 0) is 0 Å². The highest BCUT2D eigenvalue weighted by Gasteiger charge is 2.17. The summed E-state index contributed by atoms with van der Waals surface area (Å²) in [5.74, 6) is -3.34. The molecule has 0 saturated carbocycles. The Hall–Kier alpha value is -1.28. The standard InChI is InChI=1S/C13H6ClF3INO/c14-7-2-1-3-8(15)11(7)13(20)19-6-4-9(16)12(18)10(17)5-6/h1-5H,(H,19,20). The van der Waals surface area contributed by atoms with Crippen LogP contribution in [0.15, 0.2) is 30.3 Å². The number of halogens is 5. The highest BCUT2D eigenvalue weighted by Crippen LogP contribution is 2.23. The lowest BCUT2D eigenvalue weighted by Gasteiger charge is -2.08. The molecule has 0 saturated heterocycles. The van der Waals surface area contributed by atoms with E-state index in [-0.39, 0.29) is 19.8 Å². The third kappa shape index (κ3) is 3.06. The van der Waals surface area contributed by atoms with Gasteiger partial charge in [-0.2, -0.15) is 0 Å². The normalized spacial score (nSPS) is 10.4. The largest absolute Gasteiger partial charge is 0.322 e. The van der Waals surface area contributed by atoms with Crippen molar-refractivity contribution in [3.63, 3.8) is 0 Å². The molecule has 0 aliphatic carbocycles. The first kappa shape index (κ1) is 15.1. The van der Waals surface area contributed by atoms with Crippen LogP contribution in [0.5, 0.6) is 0 Å². The van der Waals surface area contributed by atoms with Gasteiger partial charge in [0, 0.05) is 5.69 Å². The molecule has 0 aliphatic heterocycles. The van der Waals surface area contributed by atoms with E-state index in [1.165, 1.54) is 34.7 Å². The van der Waals surface area contributed by atoms with E-state index in [1.54, 1.807) is 0 Å². The molecule has 0 fully saturated rings. The Morgan fingerprint density at radius 2 is 1.70 bits per heavy atom. The molecule has 2 aromatic rings. The second-order valence-corrected chi connectivity index (χ2v) is 5.29. The number of hydrogen-bond acceptors (Lipinski definition) is 1. The average Bonchev–Trinajstić information content (AvgIpc) is 2.35. The topological polar surface area (TPSA) is 29.1 Å². The van der Waals surface area contributed by atoms with E-state index < -0.39 is 23.4 Å². The van der Waals surface area contributed by atoms with Gasteiger partial charge in [0.25, 0.3) is 5.91 Å². The molecular weight excluding hydrogens is 406 g/mol. The minimum absolute atomic E-state index is 0.0889. The van der Waals surface area contributed by atoms with Gasteiger partial charge in [-0.3, -0.25) is 4.79 Å². The summed E-state index contributed by atoms with van der Waals surface area (Å²) in [7, 11) is 0. The first-order valence-corrected chi connectivity index (χ1v) is 6.75. The van der Waals surface area contributed by atoms with Gasteiger partial charge >= 0.3 is 0 Å². The van der Waals surface area contributed by atoms with Gasteiger partial charge in [0.2, 0.25) is 0 Å². The van der Waals surface area contributed by atoms with Gasteiger partial charge in [0.1, 0.15) is 17.5 Å². The van der Waals surface area contributed by atoms with Crippen LogP contribution in [0.4, 0.5) is 18.9 Å². The van der Waals surface area contributed by atoms with Gasteiger partial charge in [-0.15, -0.1) is 0 Å². The van der Waals surface area contributed by atoms with E-state index in [0.717, 1.165) is 18.2 Å². The van der Waals surface area contributed by atoms with Crippen molar-refractivity contribution in [3.8, 4) is 0 Å². The monoisotopic (exact) mass is 411 g/mol. The van der Waals surface area contributed by atoms with Crippen LogP contribution in [0.2, 0.25) is 5.02 Å². The molecule has 1 N–H and O–H groups in total. The molecule has 2 nitrogen and oxygen atoms in total. The number of amides is 1. The molecule has 0 atom stereocenters. The number of carbonyl (C=O) groups is 1. The van der Waals surface area contributed by atoms with Gasteiger partial charge in [0.05, 0.1) is 14.2 Å². The minimum atomic E-state index is -0.881. The summed E-state index contributed by atoms with van der Waals surface area (Å²) < 4.78 is 40.0. The minimum Gasteiger partial charge on any atom is -0.322 e. The highest BCUT2D eigenvalue weighted by molar-refractivity contribution is 14.1. The number of hydrogen-bond donors (Lipinski definition) is 1. The summed E-state index contributed by atoms with van der Waals surface area (Å²) in [6.45, 7) is 0. The fraction of sp³-hybridized carbons (Fsp3) is 0. The molecule has 7 heteroatoms. The van der Waals surface area contributed by atoms with Crippen LogP contribution in [0.3, 0.4) is 0 Å². The van der Waals surface area contributed by atoms with Crippen molar-refractivity contribution in [3.05, 3.63) is 61.9 Å². The lowest BCUT2D eigenvalue weighted by atomic mass is 10.2. The molecule has 2 aromatic carbocycles. The quantitative estimate of drug-likeness (QED) is 0.567. The molecular formula is C13H6ClF3INO. The lowest BCUT2D eigenvalue weighted by molar-refractivity contribution is 0.102. The SMILES string of the molecule is O=C(Nc1cc(F)c(I)c(F)c1)c1c(F)cccc1Cl. The third-order valence-electron chi connectivity index (χ3n) is 2.43. The van der Waals surface area contributed by atoms with E-state index in [0.29, 0.717) is 0 Å². The zero-order chi connectivity index (χ0) is 14.9. The summed E-state index contributed by atoms with van der Waals surface area (Å²) in [5.41, 5.74) is -0.502. The zero-order valence-corrected chi connectivity index (χ0v) is 12.6. The van der Waals surface area contributed by atoms with E-state index in [9.17, 15) is 18.0 Å². The number of rotatable bonds is 2. The molecule has 2 rings (SSSR count). The van der Waals surface area contributed by atoms with Crippen LogP contribution < -0.4 is 5.32 Å². The summed E-state index contributed by atoms with van der Waals surface area (Å²) >= 11 is 7.23. The molecule has 20 heavy (non-hydrogen) atoms. The fourth-order valence-corrected chi connectivity index (χ4v) is 2.10. The van der Waals surface area contributed by atoms with Gasteiger partial charge in [0.15, 0.2) is 0 Å². The Kier molecular flexibility index (Phi) is 4.54. The summed E-state index contributed by atoms with van der Waals surface area (Å²) in [5, 5.41) is 2.11. The Labute approximate surface area is 131 Å². The average molecular weight is 412 g/mol. The van der Waals surface area contributed by atoms with Crippen LogP contribution >= 0.6 is 34.2 Å². The summed E-state index contributed by atoms with van der Waals surface area (Å²) in [6.07, 6.45) is 0. The molecule has 0 radical (unpaired) electrons. The van der Waals surface area contributed by atoms with Crippen molar-refractivity contribution in [2.45, 2.75) is 0 Å². The Bertz CT molecular complexity index is 650. The predicted octanol–water partition coefficient (Wildman–Crippen LogP) is 4.61. The molecule has 0 spiro atoms. The first-order chi connectivity index (χ1) is 9.40. The third-order valence-corrected chi connectivity index (χ3v) is 3.78. The maximum absolute atomic E-state index is 13.5. The summed E-state index contributed by atoms with van der Waals surface area (Å²) in [4.78, 5) is 11.9.